The lowest BCUT2D eigenvalue weighted by atomic mass is 10.0. The fourth-order valence-electron chi connectivity index (χ4n) is 2.91. The van der Waals surface area contributed by atoms with Crippen LogP contribution in [0.2, 0.25) is 0 Å². The number of rotatable bonds is 5. The van der Waals surface area contributed by atoms with Gasteiger partial charge < -0.3 is 14.5 Å². The van der Waals surface area contributed by atoms with Gasteiger partial charge in [-0.2, -0.15) is 0 Å². The molecule has 3 rings (SSSR count). The zero-order valence-electron chi connectivity index (χ0n) is 15.3. The van der Waals surface area contributed by atoms with Crippen LogP contribution < -0.4 is 11.1 Å². The van der Waals surface area contributed by atoms with E-state index < -0.39 is 11.7 Å². The number of nitrogens with one attached hydrogen (secondary N) is 1. The van der Waals surface area contributed by atoms with Gasteiger partial charge >= 0.3 is 11.7 Å². The van der Waals surface area contributed by atoms with Gasteiger partial charge in [-0.25, -0.2) is 9.59 Å². The van der Waals surface area contributed by atoms with E-state index in [-0.39, 0.29) is 29.5 Å². The largest absolute Gasteiger partial charge is 0.465 e. The Bertz CT molecular complexity index is 1060. The second kappa shape index (κ2) is 7.49. The number of carbonyl (C=O) groups is 2. The third-order valence-electron chi connectivity index (χ3n) is 4.25. The summed E-state index contributed by atoms with van der Waals surface area (Å²) in [5.74, 6) is -1.30. The summed E-state index contributed by atoms with van der Waals surface area (Å²) >= 11 is 0. The van der Waals surface area contributed by atoms with Crippen LogP contribution in [0.5, 0.6) is 0 Å². The number of amides is 1. The van der Waals surface area contributed by atoms with Crippen LogP contribution in [0.25, 0.3) is 11.1 Å². The van der Waals surface area contributed by atoms with E-state index in [0.29, 0.717) is 11.2 Å². The lowest BCUT2D eigenvalue weighted by molar-refractivity contribution is -0.116. The molecule has 1 N–H and O–H groups in total. The van der Waals surface area contributed by atoms with Gasteiger partial charge in [-0.1, -0.05) is 32.0 Å². The van der Waals surface area contributed by atoms with Crippen LogP contribution in [-0.4, -0.2) is 23.6 Å². The second-order valence-electron chi connectivity index (χ2n) is 6.42. The molecular weight excluding hydrogens is 348 g/mol. The van der Waals surface area contributed by atoms with Crippen LogP contribution in [0.3, 0.4) is 0 Å². The van der Waals surface area contributed by atoms with Crippen LogP contribution in [0, 0.1) is 0 Å². The SMILES string of the molecule is COC(=O)c1ccc2c(c1)oc(=O)n2CC(=O)Nc1ccccc1C(C)C. The molecule has 0 spiro atoms. The smallest absolute Gasteiger partial charge is 0.420 e. The number of hydrogen-bond acceptors (Lipinski definition) is 5. The minimum atomic E-state index is -0.667. The molecule has 140 valence electrons. The molecule has 0 saturated heterocycles. The molecule has 2 aromatic carbocycles. The number of esters is 1. The molecule has 0 bridgehead atoms. The molecule has 0 aliphatic heterocycles. The number of benzene rings is 2. The summed E-state index contributed by atoms with van der Waals surface area (Å²) < 4.78 is 11.0. The Morgan fingerprint density at radius 3 is 2.63 bits per heavy atom. The summed E-state index contributed by atoms with van der Waals surface area (Å²) in [6, 6.07) is 12.0. The Kier molecular flexibility index (Phi) is 5.12. The van der Waals surface area contributed by atoms with E-state index in [1.807, 2.05) is 38.1 Å². The molecule has 1 heterocycles. The molecular formula is C20H20N2O5. The van der Waals surface area contributed by atoms with Crippen molar-refractivity contribution in [2.45, 2.75) is 26.3 Å². The van der Waals surface area contributed by atoms with Crippen LogP contribution >= 0.6 is 0 Å². The number of aromatic nitrogens is 1. The minimum Gasteiger partial charge on any atom is -0.465 e. The van der Waals surface area contributed by atoms with Crippen molar-refractivity contribution in [3.63, 3.8) is 0 Å². The molecule has 0 aliphatic carbocycles. The first-order valence-corrected chi connectivity index (χ1v) is 8.51. The number of fused-ring (bicyclic) bond motifs is 1. The monoisotopic (exact) mass is 368 g/mol. The maximum absolute atomic E-state index is 12.5. The summed E-state index contributed by atoms with van der Waals surface area (Å²) in [6.45, 7) is 3.88. The zero-order valence-corrected chi connectivity index (χ0v) is 15.3. The first-order valence-electron chi connectivity index (χ1n) is 8.51. The Labute approximate surface area is 155 Å². The van der Waals surface area contributed by atoms with Crippen LogP contribution in [0.15, 0.2) is 51.7 Å². The molecule has 0 unspecified atom stereocenters. The van der Waals surface area contributed by atoms with Crippen molar-refractivity contribution in [3.8, 4) is 0 Å². The third kappa shape index (κ3) is 3.76. The Hall–Kier alpha value is -3.35. The Balaban J connectivity index is 1.86. The lowest BCUT2D eigenvalue weighted by Crippen LogP contribution is -2.25. The van der Waals surface area contributed by atoms with Crippen molar-refractivity contribution in [3.05, 3.63) is 64.1 Å². The molecule has 0 aliphatic rings. The van der Waals surface area contributed by atoms with E-state index in [4.69, 9.17) is 4.42 Å². The number of carbonyl (C=O) groups excluding carboxylic acids is 2. The van der Waals surface area contributed by atoms with Gasteiger partial charge in [0.25, 0.3) is 0 Å². The molecule has 27 heavy (non-hydrogen) atoms. The van der Waals surface area contributed by atoms with E-state index in [9.17, 15) is 14.4 Å². The summed E-state index contributed by atoms with van der Waals surface area (Å²) in [6.07, 6.45) is 0. The van der Waals surface area contributed by atoms with Crippen LogP contribution in [0.1, 0.15) is 35.7 Å². The van der Waals surface area contributed by atoms with Crippen molar-refractivity contribution >= 4 is 28.7 Å². The van der Waals surface area contributed by atoms with Gasteiger partial charge in [0.2, 0.25) is 5.91 Å². The maximum atomic E-state index is 12.5. The summed E-state index contributed by atoms with van der Waals surface area (Å²) in [7, 11) is 1.27. The highest BCUT2D eigenvalue weighted by Crippen LogP contribution is 2.23. The molecule has 3 aromatic rings. The predicted molar refractivity (Wildman–Crippen MR) is 101 cm³/mol. The normalized spacial score (nSPS) is 11.0. The number of nitrogens with zero attached hydrogens (tertiary/aromatic N) is 1. The fraction of sp³-hybridized carbons (Fsp3) is 0.250. The molecule has 0 atom stereocenters. The highest BCUT2D eigenvalue weighted by molar-refractivity contribution is 5.94. The van der Waals surface area contributed by atoms with Crippen molar-refractivity contribution in [1.82, 2.24) is 4.57 Å². The molecule has 0 radical (unpaired) electrons. The topological polar surface area (TPSA) is 90.5 Å². The highest BCUT2D eigenvalue weighted by atomic mass is 16.5. The predicted octanol–water partition coefficient (Wildman–Crippen LogP) is 3.14. The number of ether oxygens (including phenoxy) is 1. The first kappa shape index (κ1) is 18.4. The maximum Gasteiger partial charge on any atom is 0.420 e. The summed E-state index contributed by atoms with van der Waals surface area (Å²) in [5, 5.41) is 2.85. The number of methoxy groups -OCH3 is 1. The zero-order chi connectivity index (χ0) is 19.6. The van der Waals surface area contributed by atoms with Crippen molar-refractivity contribution in [1.29, 1.82) is 0 Å². The van der Waals surface area contributed by atoms with Crippen molar-refractivity contribution < 1.29 is 18.7 Å². The van der Waals surface area contributed by atoms with E-state index >= 15 is 0 Å². The van der Waals surface area contributed by atoms with Gasteiger partial charge in [0, 0.05) is 5.69 Å². The van der Waals surface area contributed by atoms with Crippen molar-refractivity contribution in [2.75, 3.05) is 12.4 Å². The highest BCUT2D eigenvalue weighted by Gasteiger charge is 2.16. The van der Waals surface area contributed by atoms with Gasteiger partial charge in [0.15, 0.2) is 5.58 Å². The number of anilines is 1. The molecule has 7 heteroatoms. The standard InChI is InChI=1S/C20H20N2O5/c1-12(2)14-6-4-5-7-15(14)21-18(23)11-22-16-9-8-13(19(24)26-3)10-17(16)27-20(22)25/h4-10,12H,11H2,1-3H3,(H,21,23). The number of para-hydroxylation sites is 1. The molecule has 0 fully saturated rings. The molecule has 0 saturated carbocycles. The average Bonchev–Trinajstić information content (AvgIpc) is 2.95. The van der Waals surface area contributed by atoms with E-state index in [1.165, 1.54) is 23.8 Å². The van der Waals surface area contributed by atoms with Crippen LogP contribution in [0.4, 0.5) is 5.69 Å². The second-order valence-corrected chi connectivity index (χ2v) is 6.42. The molecule has 1 amide bonds. The van der Waals surface area contributed by atoms with Gasteiger partial charge in [0.05, 0.1) is 18.2 Å². The molecule has 1 aromatic heterocycles. The fourth-order valence-corrected chi connectivity index (χ4v) is 2.91. The number of hydrogen-bond donors (Lipinski definition) is 1. The lowest BCUT2D eigenvalue weighted by Gasteiger charge is -2.13. The number of oxazole rings is 1. The minimum absolute atomic E-state index is 0.199. The van der Waals surface area contributed by atoms with E-state index in [1.54, 1.807) is 6.07 Å². The van der Waals surface area contributed by atoms with Gasteiger partial charge in [-0.15, -0.1) is 0 Å². The summed E-state index contributed by atoms with van der Waals surface area (Å²) in [5.41, 5.74) is 2.64. The first-order chi connectivity index (χ1) is 12.9. The third-order valence-corrected chi connectivity index (χ3v) is 4.25. The van der Waals surface area contributed by atoms with E-state index in [2.05, 4.69) is 10.1 Å². The average molecular weight is 368 g/mol. The van der Waals surface area contributed by atoms with Crippen LogP contribution in [-0.2, 0) is 16.1 Å². The van der Waals surface area contributed by atoms with Gasteiger partial charge in [-0.05, 0) is 35.7 Å². The molecule has 7 nitrogen and oxygen atoms in total. The van der Waals surface area contributed by atoms with Gasteiger partial charge in [0.1, 0.15) is 6.54 Å². The van der Waals surface area contributed by atoms with Gasteiger partial charge in [-0.3, -0.25) is 9.36 Å². The van der Waals surface area contributed by atoms with E-state index in [0.717, 1.165) is 5.56 Å². The Morgan fingerprint density at radius 1 is 1.19 bits per heavy atom. The summed E-state index contributed by atoms with van der Waals surface area (Å²) in [4.78, 5) is 36.2. The van der Waals surface area contributed by atoms with Crippen molar-refractivity contribution in [2.24, 2.45) is 0 Å². The quantitative estimate of drug-likeness (QED) is 0.699. The Morgan fingerprint density at radius 2 is 1.93 bits per heavy atom.